The maximum atomic E-state index is 12.6. The molecule has 1 atom stereocenters. The molecule has 0 bridgehead atoms. The van der Waals surface area contributed by atoms with Gasteiger partial charge in [-0.05, 0) is 14.1 Å². The third-order valence-electron chi connectivity index (χ3n) is 3.81. The summed E-state index contributed by atoms with van der Waals surface area (Å²) in [7, 11) is 5.43. The highest BCUT2D eigenvalue weighted by Gasteiger charge is 2.36. The number of amides is 2. The molecule has 0 heterocycles. The smallest absolute Gasteiger partial charge is 0.243 e. The number of nitrogens with zero attached hydrogens (tertiary/aromatic N) is 2. The van der Waals surface area contributed by atoms with Gasteiger partial charge in [0.05, 0.1) is 0 Å². The molecule has 0 radical (unpaired) electrons. The lowest BCUT2D eigenvalue weighted by Gasteiger charge is -2.33. The number of nitrogens with one attached hydrogen (secondary N) is 1. The maximum absolute atomic E-state index is 12.6. The van der Waals surface area contributed by atoms with E-state index >= 15 is 0 Å². The van der Waals surface area contributed by atoms with Gasteiger partial charge in [-0.25, -0.2) is 0 Å². The summed E-state index contributed by atoms with van der Waals surface area (Å²) in [6.07, 6.45) is 0.0234. The lowest BCUT2D eigenvalue weighted by Crippen LogP contribution is -2.52. The standard InChI is InChI=1S/C18H35N3O3/c1-17(2,3)14(22)12-13(15(23)19-10-11-20(7)8)21(9)16(24)18(4,5)6/h13H,10-12H2,1-9H3,(H,19,23)/t13-/m0/s1. The Morgan fingerprint density at radius 2 is 1.42 bits per heavy atom. The number of ketones is 1. The van der Waals surface area contributed by atoms with E-state index in [1.165, 1.54) is 4.90 Å². The average molecular weight is 341 g/mol. The SMILES string of the molecule is CN(C)CCNC(=O)[C@H](CC(=O)C(C)(C)C)N(C)C(=O)C(C)(C)C. The zero-order valence-corrected chi connectivity index (χ0v) is 16.8. The molecule has 6 nitrogen and oxygen atoms in total. The second-order valence-corrected chi connectivity index (χ2v) is 8.65. The number of Topliss-reactive ketones (excluding diaryl/α,β-unsaturated/α-hetero) is 1. The number of likely N-dealkylation sites (N-methyl/N-ethyl adjacent to an activating group) is 2. The second kappa shape index (κ2) is 8.60. The molecule has 0 rings (SSSR count). The quantitative estimate of drug-likeness (QED) is 0.763. The van der Waals surface area contributed by atoms with E-state index in [-0.39, 0.29) is 24.0 Å². The van der Waals surface area contributed by atoms with Crippen molar-refractivity contribution in [2.75, 3.05) is 34.2 Å². The van der Waals surface area contributed by atoms with Gasteiger partial charge in [0, 0.05) is 37.4 Å². The highest BCUT2D eigenvalue weighted by atomic mass is 16.2. The molecule has 1 N–H and O–H groups in total. The van der Waals surface area contributed by atoms with Gasteiger partial charge in [-0.15, -0.1) is 0 Å². The van der Waals surface area contributed by atoms with Crippen LogP contribution < -0.4 is 5.32 Å². The number of hydrogen-bond acceptors (Lipinski definition) is 4. The highest BCUT2D eigenvalue weighted by molar-refractivity contribution is 5.94. The van der Waals surface area contributed by atoms with E-state index in [1.807, 2.05) is 39.8 Å². The fourth-order valence-electron chi connectivity index (χ4n) is 2.08. The summed E-state index contributed by atoms with van der Waals surface area (Å²) in [6.45, 7) is 12.0. The Balaban J connectivity index is 5.25. The fraction of sp³-hybridized carbons (Fsp3) is 0.833. The Morgan fingerprint density at radius 1 is 0.917 bits per heavy atom. The zero-order chi connectivity index (χ0) is 19.3. The summed E-state index contributed by atoms with van der Waals surface area (Å²) >= 11 is 0. The van der Waals surface area contributed by atoms with Crippen LogP contribution in [0.2, 0.25) is 0 Å². The first-order chi connectivity index (χ1) is 10.7. The molecule has 140 valence electrons. The van der Waals surface area contributed by atoms with Gasteiger partial charge < -0.3 is 15.1 Å². The van der Waals surface area contributed by atoms with E-state index < -0.39 is 16.9 Å². The van der Waals surface area contributed by atoms with Crippen LogP contribution in [0, 0.1) is 10.8 Å². The molecule has 2 amide bonds. The lowest BCUT2D eigenvalue weighted by molar-refractivity contribution is -0.147. The molecule has 24 heavy (non-hydrogen) atoms. The molecule has 0 aromatic rings. The first-order valence-electron chi connectivity index (χ1n) is 8.41. The number of hydrogen-bond donors (Lipinski definition) is 1. The maximum Gasteiger partial charge on any atom is 0.243 e. The Hall–Kier alpha value is -1.43. The Labute approximate surface area is 146 Å². The van der Waals surface area contributed by atoms with Crippen molar-refractivity contribution >= 4 is 17.6 Å². The van der Waals surface area contributed by atoms with Crippen LogP contribution >= 0.6 is 0 Å². The molecule has 0 aliphatic heterocycles. The van der Waals surface area contributed by atoms with Gasteiger partial charge in [0.2, 0.25) is 11.8 Å². The third kappa shape index (κ3) is 7.43. The van der Waals surface area contributed by atoms with Crippen LogP contribution in [0.4, 0.5) is 0 Å². The molecule has 6 heteroatoms. The van der Waals surface area contributed by atoms with Gasteiger partial charge in [-0.2, -0.15) is 0 Å². The largest absolute Gasteiger partial charge is 0.353 e. The summed E-state index contributed by atoms with van der Waals surface area (Å²) < 4.78 is 0. The number of rotatable bonds is 7. The van der Waals surface area contributed by atoms with E-state index in [4.69, 9.17) is 0 Å². The molecule has 0 aliphatic carbocycles. The predicted molar refractivity (Wildman–Crippen MR) is 96.7 cm³/mol. The number of carbonyl (C=O) groups excluding carboxylic acids is 3. The normalized spacial score (nSPS) is 13.6. The molecule has 0 saturated heterocycles. The van der Waals surface area contributed by atoms with Crippen LogP contribution in [0.1, 0.15) is 48.0 Å². The summed E-state index contributed by atoms with van der Waals surface area (Å²) in [4.78, 5) is 40.9. The van der Waals surface area contributed by atoms with Gasteiger partial charge in [-0.3, -0.25) is 14.4 Å². The summed E-state index contributed by atoms with van der Waals surface area (Å²) in [6, 6.07) is -0.786. The molecule has 0 spiro atoms. The Bertz CT molecular complexity index is 459. The molecular weight excluding hydrogens is 306 g/mol. The van der Waals surface area contributed by atoms with Gasteiger partial charge in [0.25, 0.3) is 0 Å². The zero-order valence-electron chi connectivity index (χ0n) is 16.8. The molecule has 0 aliphatic rings. The van der Waals surface area contributed by atoms with Crippen molar-refractivity contribution in [3.05, 3.63) is 0 Å². The van der Waals surface area contributed by atoms with Gasteiger partial charge in [-0.1, -0.05) is 41.5 Å². The topological polar surface area (TPSA) is 69.7 Å². The van der Waals surface area contributed by atoms with Crippen LogP contribution in [-0.2, 0) is 14.4 Å². The molecule has 0 aromatic carbocycles. The van der Waals surface area contributed by atoms with E-state index in [1.54, 1.807) is 27.8 Å². The van der Waals surface area contributed by atoms with Crippen molar-refractivity contribution in [1.82, 2.24) is 15.1 Å². The minimum Gasteiger partial charge on any atom is -0.353 e. The van der Waals surface area contributed by atoms with Crippen LogP contribution in [-0.4, -0.2) is 67.7 Å². The van der Waals surface area contributed by atoms with Crippen LogP contribution in [0.3, 0.4) is 0 Å². The first-order valence-corrected chi connectivity index (χ1v) is 8.41. The lowest BCUT2D eigenvalue weighted by atomic mass is 9.86. The van der Waals surface area contributed by atoms with Crippen LogP contribution in [0.5, 0.6) is 0 Å². The van der Waals surface area contributed by atoms with E-state index in [9.17, 15) is 14.4 Å². The summed E-state index contributed by atoms with van der Waals surface area (Å²) in [5.41, 5.74) is -1.16. The second-order valence-electron chi connectivity index (χ2n) is 8.65. The molecule has 0 aromatic heterocycles. The van der Waals surface area contributed by atoms with Crippen molar-refractivity contribution < 1.29 is 14.4 Å². The minimum absolute atomic E-state index is 0.0234. The predicted octanol–water partition coefficient (Wildman–Crippen LogP) is 1.54. The van der Waals surface area contributed by atoms with Crippen molar-refractivity contribution in [3.63, 3.8) is 0 Å². The van der Waals surface area contributed by atoms with Crippen molar-refractivity contribution in [2.24, 2.45) is 10.8 Å². The van der Waals surface area contributed by atoms with Gasteiger partial charge >= 0.3 is 0 Å². The highest BCUT2D eigenvalue weighted by Crippen LogP contribution is 2.23. The van der Waals surface area contributed by atoms with E-state index in [2.05, 4.69) is 5.32 Å². The third-order valence-corrected chi connectivity index (χ3v) is 3.81. The summed E-state index contributed by atoms with van der Waals surface area (Å²) in [5, 5.41) is 2.83. The monoisotopic (exact) mass is 341 g/mol. The molecule has 0 unspecified atom stereocenters. The van der Waals surface area contributed by atoms with Crippen LogP contribution in [0.15, 0.2) is 0 Å². The Morgan fingerprint density at radius 3 is 1.79 bits per heavy atom. The van der Waals surface area contributed by atoms with Crippen molar-refractivity contribution in [3.8, 4) is 0 Å². The number of carbonyl (C=O) groups is 3. The molecule has 0 fully saturated rings. The average Bonchev–Trinajstić information content (AvgIpc) is 2.40. The fourth-order valence-corrected chi connectivity index (χ4v) is 2.08. The molecule has 0 saturated carbocycles. The van der Waals surface area contributed by atoms with E-state index in [0.29, 0.717) is 13.1 Å². The van der Waals surface area contributed by atoms with Crippen molar-refractivity contribution in [1.29, 1.82) is 0 Å². The first kappa shape index (κ1) is 22.6. The van der Waals surface area contributed by atoms with Gasteiger partial charge in [0.1, 0.15) is 11.8 Å². The van der Waals surface area contributed by atoms with Gasteiger partial charge in [0.15, 0.2) is 0 Å². The van der Waals surface area contributed by atoms with Crippen molar-refractivity contribution in [2.45, 2.75) is 54.0 Å². The minimum atomic E-state index is -0.786. The summed E-state index contributed by atoms with van der Waals surface area (Å²) in [5.74, 6) is -0.477. The molecular formula is C18H35N3O3. The van der Waals surface area contributed by atoms with E-state index in [0.717, 1.165) is 0 Å². The Kier molecular flexibility index (Phi) is 8.09. The van der Waals surface area contributed by atoms with Crippen LogP contribution in [0.25, 0.3) is 0 Å².